The van der Waals surface area contributed by atoms with Crippen LogP contribution in [-0.2, 0) is 13.1 Å². The van der Waals surface area contributed by atoms with E-state index in [-0.39, 0.29) is 0 Å². The number of carbonyl (C=O) groups is 1. The van der Waals surface area contributed by atoms with Gasteiger partial charge < -0.3 is 20.2 Å². The second-order valence-electron chi connectivity index (χ2n) is 4.66. The first-order valence-electron chi connectivity index (χ1n) is 6.24. The zero-order valence-corrected chi connectivity index (χ0v) is 10.2. The molecule has 1 saturated heterocycles. The zero-order valence-electron chi connectivity index (χ0n) is 10.2. The van der Waals surface area contributed by atoms with Crippen LogP contribution >= 0.6 is 0 Å². The van der Waals surface area contributed by atoms with E-state index < -0.39 is 6.09 Å². The molecule has 7 nitrogen and oxygen atoms in total. The topological polar surface area (TPSA) is 73.6 Å². The first-order valence-corrected chi connectivity index (χ1v) is 6.24. The summed E-state index contributed by atoms with van der Waals surface area (Å²) in [4.78, 5) is 14.6. The number of amides is 1. The van der Waals surface area contributed by atoms with Crippen molar-refractivity contribution in [1.82, 2.24) is 20.0 Å². The summed E-state index contributed by atoms with van der Waals surface area (Å²) in [6, 6.07) is 2.01. The van der Waals surface area contributed by atoms with Crippen LogP contribution in [0.25, 0.3) is 0 Å². The normalized spacial score (nSPS) is 19.8. The quantitative estimate of drug-likeness (QED) is 0.722. The van der Waals surface area contributed by atoms with Crippen molar-refractivity contribution < 1.29 is 9.90 Å². The Morgan fingerprint density at radius 3 is 2.78 bits per heavy atom. The third-order valence-electron chi connectivity index (χ3n) is 3.50. The number of fused-ring (bicyclic) bond motifs is 1. The molecule has 2 N–H and O–H groups in total. The number of aromatic nitrogens is 2. The molecule has 7 heteroatoms. The van der Waals surface area contributed by atoms with Gasteiger partial charge >= 0.3 is 6.09 Å². The summed E-state index contributed by atoms with van der Waals surface area (Å²) >= 11 is 0. The minimum absolute atomic E-state index is 0.439. The molecule has 0 atom stereocenters. The molecule has 3 rings (SSSR count). The van der Waals surface area contributed by atoms with Crippen LogP contribution < -0.4 is 10.2 Å². The Balaban J connectivity index is 1.78. The molecular weight excluding hydrogens is 234 g/mol. The molecule has 2 aliphatic rings. The average Bonchev–Trinajstić information content (AvgIpc) is 2.82. The van der Waals surface area contributed by atoms with Crippen LogP contribution in [0.3, 0.4) is 0 Å². The van der Waals surface area contributed by atoms with Gasteiger partial charge in [0.15, 0.2) is 5.82 Å². The third-order valence-corrected chi connectivity index (χ3v) is 3.50. The van der Waals surface area contributed by atoms with E-state index in [0.717, 1.165) is 37.7 Å². The van der Waals surface area contributed by atoms with Gasteiger partial charge in [-0.3, -0.25) is 4.68 Å². The number of anilines is 1. The molecule has 0 radical (unpaired) electrons. The van der Waals surface area contributed by atoms with Crippen molar-refractivity contribution >= 4 is 11.9 Å². The Kier molecular flexibility index (Phi) is 2.83. The van der Waals surface area contributed by atoms with Gasteiger partial charge in [0, 0.05) is 38.8 Å². The van der Waals surface area contributed by atoms with Gasteiger partial charge in [-0.2, -0.15) is 5.10 Å². The predicted octanol–water partition coefficient (Wildman–Crippen LogP) is -0.214. The minimum Gasteiger partial charge on any atom is -0.465 e. The Bertz CT molecular complexity index is 452. The van der Waals surface area contributed by atoms with Crippen LogP contribution in [0.5, 0.6) is 0 Å². The maximum Gasteiger partial charge on any atom is 0.407 e. The fraction of sp³-hybridized carbons (Fsp3) is 0.636. The number of piperazine rings is 1. The maximum absolute atomic E-state index is 11.0. The second-order valence-corrected chi connectivity index (χ2v) is 4.66. The van der Waals surface area contributed by atoms with Gasteiger partial charge in [-0.15, -0.1) is 0 Å². The lowest BCUT2D eigenvalue weighted by Gasteiger charge is -2.27. The first-order chi connectivity index (χ1) is 8.74. The largest absolute Gasteiger partial charge is 0.465 e. The smallest absolute Gasteiger partial charge is 0.407 e. The summed E-state index contributed by atoms with van der Waals surface area (Å²) in [5.41, 5.74) is 0.984. The molecule has 1 amide bonds. The van der Waals surface area contributed by atoms with Crippen LogP contribution in [0, 0.1) is 0 Å². The molecule has 0 bridgehead atoms. The number of hydrogen-bond donors (Lipinski definition) is 2. The molecule has 0 aromatic carbocycles. The summed E-state index contributed by atoms with van der Waals surface area (Å²) in [6.07, 6.45) is -0.855. The molecule has 98 valence electrons. The van der Waals surface area contributed by atoms with Crippen molar-refractivity contribution in [2.45, 2.75) is 13.1 Å². The monoisotopic (exact) mass is 251 g/mol. The summed E-state index contributed by atoms with van der Waals surface area (Å²) in [7, 11) is 0. The van der Waals surface area contributed by atoms with Crippen LogP contribution in [0.4, 0.5) is 10.6 Å². The predicted molar refractivity (Wildman–Crippen MR) is 65.7 cm³/mol. The van der Waals surface area contributed by atoms with Gasteiger partial charge in [0.05, 0.1) is 18.8 Å². The third kappa shape index (κ3) is 2.01. The number of rotatable bonds is 1. The van der Waals surface area contributed by atoms with E-state index in [1.165, 1.54) is 4.90 Å². The average molecular weight is 251 g/mol. The molecule has 0 spiro atoms. The molecule has 18 heavy (non-hydrogen) atoms. The van der Waals surface area contributed by atoms with E-state index in [0.29, 0.717) is 19.6 Å². The van der Waals surface area contributed by atoms with Gasteiger partial charge in [-0.05, 0) is 0 Å². The van der Waals surface area contributed by atoms with Crippen molar-refractivity contribution in [3.63, 3.8) is 0 Å². The number of carboxylic acid groups (broad SMARTS) is 1. The first kappa shape index (κ1) is 11.3. The van der Waals surface area contributed by atoms with Crippen molar-refractivity contribution in [1.29, 1.82) is 0 Å². The standard InChI is InChI=1S/C11H17N5O2/c17-11(18)15-5-6-16-9(8-15)7-10(13-16)14-3-1-12-2-4-14/h7,12H,1-6,8H2,(H,17,18). The van der Waals surface area contributed by atoms with E-state index in [1.807, 2.05) is 10.7 Å². The number of nitrogens with one attached hydrogen (secondary N) is 1. The highest BCUT2D eigenvalue weighted by Crippen LogP contribution is 2.19. The van der Waals surface area contributed by atoms with Crippen LogP contribution in [0.15, 0.2) is 6.07 Å². The summed E-state index contributed by atoms with van der Waals surface area (Å²) in [6.45, 7) is 5.47. The summed E-state index contributed by atoms with van der Waals surface area (Å²) < 4.78 is 1.93. The van der Waals surface area contributed by atoms with E-state index in [2.05, 4.69) is 15.3 Å². The van der Waals surface area contributed by atoms with Crippen molar-refractivity contribution in [3.05, 3.63) is 11.8 Å². The van der Waals surface area contributed by atoms with Crippen LogP contribution in [0.2, 0.25) is 0 Å². The minimum atomic E-state index is -0.855. The van der Waals surface area contributed by atoms with Gasteiger partial charge in [0.25, 0.3) is 0 Å². The van der Waals surface area contributed by atoms with E-state index in [4.69, 9.17) is 5.11 Å². The molecule has 2 aliphatic heterocycles. The fourth-order valence-electron chi connectivity index (χ4n) is 2.46. The Morgan fingerprint density at radius 1 is 1.28 bits per heavy atom. The Morgan fingerprint density at radius 2 is 2.06 bits per heavy atom. The summed E-state index contributed by atoms with van der Waals surface area (Å²) in [5.74, 6) is 0.971. The van der Waals surface area contributed by atoms with E-state index in [9.17, 15) is 4.79 Å². The lowest BCUT2D eigenvalue weighted by molar-refractivity contribution is 0.131. The Hall–Kier alpha value is -1.76. The lowest BCUT2D eigenvalue weighted by Crippen LogP contribution is -2.43. The van der Waals surface area contributed by atoms with E-state index >= 15 is 0 Å². The number of nitrogens with zero attached hydrogens (tertiary/aromatic N) is 4. The van der Waals surface area contributed by atoms with Crippen LogP contribution in [-0.4, -0.2) is 58.6 Å². The molecule has 0 saturated carbocycles. The zero-order chi connectivity index (χ0) is 12.5. The Labute approximate surface area is 105 Å². The van der Waals surface area contributed by atoms with Crippen molar-refractivity contribution in [2.75, 3.05) is 37.6 Å². The van der Waals surface area contributed by atoms with Crippen molar-refractivity contribution in [2.24, 2.45) is 0 Å². The summed E-state index contributed by atoms with van der Waals surface area (Å²) in [5, 5.41) is 16.9. The van der Waals surface area contributed by atoms with Gasteiger partial charge in [-0.25, -0.2) is 4.79 Å². The fourth-order valence-corrected chi connectivity index (χ4v) is 2.46. The molecule has 1 aromatic rings. The maximum atomic E-state index is 11.0. The van der Waals surface area contributed by atoms with Crippen molar-refractivity contribution in [3.8, 4) is 0 Å². The lowest BCUT2D eigenvalue weighted by atomic mass is 10.3. The molecular formula is C11H17N5O2. The van der Waals surface area contributed by atoms with Gasteiger partial charge in [0.2, 0.25) is 0 Å². The van der Waals surface area contributed by atoms with Crippen LogP contribution in [0.1, 0.15) is 5.69 Å². The number of hydrogen-bond acceptors (Lipinski definition) is 4. The van der Waals surface area contributed by atoms with E-state index in [1.54, 1.807) is 0 Å². The second kappa shape index (κ2) is 4.49. The highest BCUT2D eigenvalue weighted by Gasteiger charge is 2.23. The highest BCUT2D eigenvalue weighted by atomic mass is 16.4. The SMILES string of the molecule is O=C(O)N1CCn2nc(N3CCNCC3)cc2C1. The van der Waals surface area contributed by atoms with Gasteiger partial charge in [-0.1, -0.05) is 0 Å². The highest BCUT2D eigenvalue weighted by molar-refractivity contribution is 5.65. The molecule has 3 heterocycles. The van der Waals surface area contributed by atoms with Gasteiger partial charge in [0.1, 0.15) is 0 Å². The molecule has 0 aliphatic carbocycles. The molecule has 1 aromatic heterocycles. The molecule has 1 fully saturated rings. The molecule has 0 unspecified atom stereocenters.